The molecule has 0 unspecified atom stereocenters. The number of hydrogen-bond donors (Lipinski definition) is 3. The fourth-order valence-corrected chi connectivity index (χ4v) is 0.562. The maximum Gasteiger partial charge on any atom is 0.245 e. The van der Waals surface area contributed by atoms with Gasteiger partial charge in [-0.2, -0.15) is 9.98 Å². The highest BCUT2D eigenvalue weighted by molar-refractivity contribution is 6.12. The molecule has 5 heteroatoms. The number of aliphatic imine (C=N–C) groups is 2. The fraction of sp³-hybridized carbons (Fsp3) is 0.250. The Bertz CT molecular complexity index is 181. The lowest BCUT2D eigenvalue weighted by Crippen LogP contribution is -2.27. The second-order valence-corrected chi connectivity index (χ2v) is 1.71. The molecular weight excluding hydrogens is 118 g/mol. The first-order valence-corrected chi connectivity index (χ1v) is 2.43. The predicted octanol–water partition coefficient (Wildman–Crippen LogP) is -0.961. The summed E-state index contributed by atoms with van der Waals surface area (Å²) in [6, 6.07) is 0. The highest BCUT2D eigenvalue weighted by Gasteiger charge is 2.05. The Morgan fingerprint density at radius 2 is 1.67 bits per heavy atom. The Hall–Kier alpha value is -1.39. The molecule has 5 N–H and O–H groups in total. The SMILES string of the molecule is N=C1N=C(N)CC(N)=N1. The van der Waals surface area contributed by atoms with Crippen molar-refractivity contribution in [1.29, 1.82) is 5.41 Å². The van der Waals surface area contributed by atoms with Crippen molar-refractivity contribution < 1.29 is 0 Å². The minimum absolute atomic E-state index is 0.115. The number of nitrogens with two attached hydrogens (primary N) is 2. The molecule has 0 aromatic heterocycles. The van der Waals surface area contributed by atoms with Crippen LogP contribution < -0.4 is 11.5 Å². The van der Waals surface area contributed by atoms with Crippen molar-refractivity contribution in [3.05, 3.63) is 0 Å². The molecule has 1 rings (SSSR count). The van der Waals surface area contributed by atoms with E-state index in [2.05, 4.69) is 9.98 Å². The van der Waals surface area contributed by atoms with Crippen molar-refractivity contribution in [3.63, 3.8) is 0 Å². The van der Waals surface area contributed by atoms with Crippen molar-refractivity contribution in [2.75, 3.05) is 0 Å². The Labute approximate surface area is 52.0 Å². The molecule has 9 heavy (non-hydrogen) atoms. The van der Waals surface area contributed by atoms with Crippen LogP contribution in [-0.2, 0) is 0 Å². The average Bonchev–Trinajstić information content (AvgIpc) is 1.59. The molecule has 1 heterocycles. The largest absolute Gasteiger partial charge is 0.387 e. The first kappa shape index (κ1) is 5.74. The summed E-state index contributed by atoms with van der Waals surface area (Å²) in [6.45, 7) is 0. The van der Waals surface area contributed by atoms with Gasteiger partial charge in [-0.25, -0.2) is 0 Å². The zero-order valence-corrected chi connectivity index (χ0v) is 4.76. The summed E-state index contributed by atoms with van der Waals surface area (Å²) in [4.78, 5) is 7.09. The van der Waals surface area contributed by atoms with Gasteiger partial charge in [-0.05, 0) is 0 Å². The van der Waals surface area contributed by atoms with E-state index in [1.54, 1.807) is 0 Å². The molecule has 0 atom stereocenters. The van der Waals surface area contributed by atoms with E-state index in [1.165, 1.54) is 0 Å². The zero-order valence-electron chi connectivity index (χ0n) is 4.76. The Balaban J connectivity index is 2.81. The second-order valence-electron chi connectivity index (χ2n) is 1.71. The third-order valence-corrected chi connectivity index (χ3v) is 0.861. The minimum atomic E-state index is -0.115. The molecule has 1 aliphatic rings. The van der Waals surface area contributed by atoms with Gasteiger partial charge in [-0.15, -0.1) is 0 Å². The number of nitrogens with one attached hydrogen (secondary N) is 1. The van der Waals surface area contributed by atoms with Gasteiger partial charge in [-0.3, -0.25) is 5.41 Å². The molecule has 0 saturated heterocycles. The van der Waals surface area contributed by atoms with Crippen LogP contribution in [0.25, 0.3) is 0 Å². The van der Waals surface area contributed by atoms with E-state index in [9.17, 15) is 0 Å². The van der Waals surface area contributed by atoms with Crippen LogP contribution in [0.1, 0.15) is 6.42 Å². The van der Waals surface area contributed by atoms with Gasteiger partial charge in [0.15, 0.2) is 0 Å². The summed E-state index contributed by atoms with van der Waals surface area (Å²) in [5.74, 6) is 0.594. The van der Waals surface area contributed by atoms with Gasteiger partial charge < -0.3 is 11.5 Å². The summed E-state index contributed by atoms with van der Waals surface area (Å²) in [6.07, 6.45) is 0.377. The van der Waals surface area contributed by atoms with E-state index in [-0.39, 0.29) is 5.96 Å². The van der Waals surface area contributed by atoms with Gasteiger partial charge in [0.25, 0.3) is 0 Å². The van der Waals surface area contributed by atoms with Crippen LogP contribution >= 0.6 is 0 Å². The smallest absolute Gasteiger partial charge is 0.245 e. The van der Waals surface area contributed by atoms with E-state index in [0.29, 0.717) is 18.1 Å². The average molecular weight is 125 g/mol. The Morgan fingerprint density at radius 3 is 2.00 bits per heavy atom. The lowest BCUT2D eigenvalue weighted by atomic mass is 10.3. The molecular formula is C4H7N5. The molecule has 0 bridgehead atoms. The van der Waals surface area contributed by atoms with Crippen LogP contribution in [0.3, 0.4) is 0 Å². The molecule has 0 radical (unpaired) electrons. The van der Waals surface area contributed by atoms with Crippen molar-refractivity contribution in [1.82, 2.24) is 0 Å². The Kier molecular flexibility index (Phi) is 1.18. The van der Waals surface area contributed by atoms with Crippen LogP contribution in [0, 0.1) is 5.41 Å². The quantitative estimate of drug-likeness (QED) is 0.388. The third kappa shape index (κ3) is 1.25. The first-order chi connectivity index (χ1) is 4.18. The fourth-order valence-electron chi connectivity index (χ4n) is 0.562. The molecule has 0 saturated carbocycles. The van der Waals surface area contributed by atoms with E-state index in [1.807, 2.05) is 0 Å². The van der Waals surface area contributed by atoms with Crippen LogP contribution in [0.2, 0.25) is 0 Å². The summed E-state index contributed by atoms with van der Waals surface area (Å²) in [5, 5.41) is 6.91. The molecule has 0 fully saturated rings. The van der Waals surface area contributed by atoms with Gasteiger partial charge in [0.05, 0.1) is 6.42 Å². The van der Waals surface area contributed by atoms with Crippen LogP contribution in [0.5, 0.6) is 0 Å². The minimum Gasteiger partial charge on any atom is -0.387 e. The van der Waals surface area contributed by atoms with Gasteiger partial charge >= 0.3 is 0 Å². The molecule has 5 nitrogen and oxygen atoms in total. The summed E-state index contributed by atoms with van der Waals surface area (Å²) in [7, 11) is 0. The van der Waals surface area contributed by atoms with E-state index in [0.717, 1.165) is 0 Å². The van der Waals surface area contributed by atoms with Crippen LogP contribution in [-0.4, -0.2) is 17.6 Å². The molecule has 48 valence electrons. The van der Waals surface area contributed by atoms with Gasteiger partial charge in [0.1, 0.15) is 11.7 Å². The summed E-state index contributed by atoms with van der Waals surface area (Å²) in [5.41, 5.74) is 10.5. The number of guanidine groups is 1. The molecule has 0 spiro atoms. The monoisotopic (exact) mass is 125 g/mol. The van der Waals surface area contributed by atoms with Crippen LogP contribution in [0.15, 0.2) is 9.98 Å². The van der Waals surface area contributed by atoms with Gasteiger partial charge in [0.2, 0.25) is 5.96 Å². The van der Waals surface area contributed by atoms with Crippen molar-refractivity contribution >= 4 is 17.6 Å². The van der Waals surface area contributed by atoms with Gasteiger partial charge in [0, 0.05) is 0 Å². The van der Waals surface area contributed by atoms with E-state index >= 15 is 0 Å². The lowest BCUT2D eigenvalue weighted by molar-refractivity contribution is 1.26. The van der Waals surface area contributed by atoms with Crippen LogP contribution in [0.4, 0.5) is 0 Å². The first-order valence-electron chi connectivity index (χ1n) is 2.43. The number of amidine groups is 2. The topological polar surface area (TPSA) is 101 Å². The van der Waals surface area contributed by atoms with Gasteiger partial charge in [-0.1, -0.05) is 0 Å². The summed E-state index contributed by atoms with van der Waals surface area (Å²) < 4.78 is 0. The normalized spacial score (nSPS) is 18.9. The maximum atomic E-state index is 6.91. The second kappa shape index (κ2) is 1.85. The number of hydrogen-bond acceptors (Lipinski definition) is 3. The highest BCUT2D eigenvalue weighted by Crippen LogP contribution is 1.92. The van der Waals surface area contributed by atoms with Crippen molar-refractivity contribution in [2.24, 2.45) is 21.5 Å². The number of nitrogens with zero attached hydrogens (tertiary/aromatic N) is 2. The molecule has 0 aromatic rings. The molecule has 0 aliphatic carbocycles. The molecule has 1 aliphatic heterocycles. The van der Waals surface area contributed by atoms with E-state index < -0.39 is 0 Å². The summed E-state index contributed by atoms with van der Waals surface area (Å²) >= 11 is 0. The third-order valence-electron chi connectivity index (χ3n) is 0.861. The molecule has 0 amide bonds. The standard InChI is InChI=1S/C4H7N5/c5-2-1-3(6)9-4(7)8-2/h1H2,(H5,5,6,7,8,9). The lowest BCUT2D eigenvalue weighted by Gasteiger charge is -2.04. The highest BCUT2D eigenvalue weighted by atomic mass is 15.1. The predicted molar refractivity (Wildman–Crippen MR) is 35.6 cm³/mol. The number of rotatable bonds is 0. The van der Waals surface area contributed by atoms with Crippen molar-refractivity contribution in [2.45, 2.75) is 6.42 Å². The van der Waals surface area contributed by atoms with E-state index in [4.69, 9.17) is 16.9 Å². The maximum absolute atomic E-state index is 6.91. The zero-order chi connectivity index (χ0) is 6.85. The molecule has 0 aromatic carbocycles. The van der Waals surface area contributed by atoms with Crippen molar-refractivity contribution in [3.8, 4) is 0 Å². The Morgan fingerprint density at radius 1 is 1.22 bits per heavy atom.